The van der Waals surface area contributed by atoms with Crippen LogP contribution < -0.4 is 5.56 Å². The van der Waals surface area contributed by atoms with Crippen molar-refractivity contribution < 1.29 is 8.91 Å². The van der Waals surface area contributed by atoms with Crippen molar-refractivity contribution in [1.29, 1.82) is 0 Å². The second-order valence-electron chi connectivity index (χ2n) is 6.32. The lowest BCUT2D eigenvalue weighted by atomic mass is 10.2. The summed E-state index contributed by atoms with van der Waals surface area (Å²) in [6.07, 6.45) is 0.754. The molecule has 6 nitrogen and oxygen atoms in total. The number of thioether (sulfide) groups is 1. The molecule has 0 radical (unpaired) electrons. The quantitative estimate of drug-likeness (QED) is 0.287. The molecule has 0 atom stereocenters. The van der Waals surface area contributed by atoms with Crippen molar-refractivity contribution in [3.8, 4) is 11.4 Å². The van der Waals surface area contributed by atoms with Crippen molar-refractivity contribution >= 4 is 38.6 Å². The molecule has 0 aliphatic carbocycles. The van der Waals surface area contributed by atoms with Gasteiger partial charge in [0.2, 0.25) is 11.7 Å². The van der Waals surface area contributed by atoms with Gasteiger partial charge in [-0.3, -0.25) is 9.36 Å². The van der Waals surface area contributed by atoms with E-state index in [2.05, 4.69) is 31.1 Å². The van der Waals surface area contributed by atoms with Gasteiger partial charge in [0.15, 0.2) is 5.16 Å². The number of nitrogens with zero attached hydrogens (tertiary/aromatic N) is 4. The number of rotatable bonds is 6. The lowest BCUT2D eigenvalue weighted by molar-refractivity contribution is 0.391. The second kappa shape index (κ2) is 8.46. The Morgan fingerprint density at radius 2 is 1.97 bits per heavy atom. The summed E-state index contributed by atoms with van der Waals surface area (Å²) >= 11 is 4.74. The third kappa shape index (κ3) is 4.25. The van der Waals surface area contributed by atoms with E-state index in [1.54, 1.807) is 4.57 Å². The first kappa shape index (κ1) is 19.8. The van der Waals surface area contributed by atoms with Crippen molar-refractivity contribution in [2.75, 3.05) is 0 Å². The van der Waals surface area contributed by atoms with E-state index < -0.39 is 5.82 Å². The van der Waals surface area contributed by atoms with E-state index in [4.69, 9.17) is 4.52 Å². The van der Waals surface area contributed by atoms with Crippen LogP contribution in [0.1, 0.15) is 19.2 Å². The maximum atomic E-state index is 13.6. The standard InChI is InChI=1S/C20H16BrFN4O2S/c1-2-9-26-19(27)15-10-14(22)7-8-16(15)23-20(26)29-11-17-24-18(25-28-17)12-3-5-13(21)6-4-12/h3-8,10H,2,9,11H2,1H3. The number of hydrogen-bond acceptors (Lipinski definition) is 6. The molecule has 0 aliphatic rings. The number of fused-ring (bicyclic) bond motifs is 1. The van der Waals surface area contributed by atoms with Gasteiger partial charge < -0.3 is 4.52 Å². The zero-order valence-electron chi connectivity index (χ0n) is 15.4. The average molecular weight is 475 g/mol. The Bertz CT molecular complexity index is 1220. The maximum Gasteiger partial charge on any atom is 0.262 e. The Morgan fingerprint density at radius 1 is 1.17 bits per heavy atom. The molecular weight excluding hydrogens is 459 g/mol. The lowest BCUT2D eigenvalue weighted by Gasteiger charge is -2.11. The molecule has 0 saturated carbocycles. The van der Waals surface area contributed by atoms with E-state index in [-0.39, 0.29) is 10.9 Å². The van der Waals surface area contributed by atoms with Crippen LogP contribution in [0.25, 0.3) is 22.3 Å². The fourth-order valence-corrected chi connectivity index (χ4v) is 3.99. The Hall–Kier alpha value is -2.52. The van der Waals surface area contributed by atoms with Gasteiger partial charge in [0.25, 0.3) is 5.56 Å². The lowest BCUT2D eigenvalue weighted by Crippen LogP contribution is -2.23. The molecule has 0 unspecified atom stereocenters. The summed E-state index contributed by atoms with van der Waals surface area (Å²) in [6, 6.07) is 11.7. The van der Waals surface area contributed by atoms with Crippen LogP contribution >= 0.6 is 27.7 Å². The van der Waals surface area contributed by atoms with Crippen LogP contribution in [0.4, 0.5) is 4.39 Å². The first-order valence-electron chi connectivity index (χ1n) is 8.96. The molecule has 0 spiro atoms. The van der Waals surface area contributed by atoms with Crippen LogP contribution in [0.2, 0.25) is 0 Å². The predicted molar refractivity (Wildman–Crippen MR) is 113 cm³/mol. The van der Waals surface area contributed by atoms with E-state index in [1.807, 2.05) is 31.2 Å². The summed E-state index contributed by atoms with van der Waals surface area (Å²) in [5, 5.41) is 4.84. The molecule has 148 valence electrons. The fourth-order valence-electron chi connectivity index (χ4n) is 2.86. The van der Waals surface area contributed by atoms with Gasteiger partial charge in [0, 0.05) is 16.6 Å². The summed E-state index contributed by atoms with van der Waals surface area (Å²) in [5.41, 5.74) is 1.06. The first-order valence-corrected chi connectivity index (χ1v) is 10.7. The number of halogens is 2. The highest BCUT2D eigenvalue weighted by molar-refractivity contribution is 9.10. The molecule has 0 aliphatic heterocycles. The van der Waals surface area contributed by atoms with Crippen LogP contribution in [-0.4, -0.2) is 19.7 Å². The van der Waals surface area contributed by atoms with Crippen LogP contribution in [0.3, 0.4) is 0 Å². The minimum Gasteiger partial charge on any atom is -0.338 e. The Balaban J connectivity index is 1.61. The fraction of sp³-hybridized carbons (Fsp3) is 0.200. The summed E-state index contributed by atoms with van der Waals surface area (Å²) in [4.78, 5) is 21.8. The van der Waals surface area contributed by atoms with Crippen molar-refractivity contribution in [1.82, 2.24) is 19.7 Å². The monoisotopic (exact) mass is 474 g/mol. The van der Waals surface area contributed by atoms with E-state index >= 15 is 0 Å². The van der Waals surface area contributed by atoms with Gasteiger partial charge in [-0.05, 0) is 48.9 Å². The van der Waals surface area contributed by atoms with Gasteiger partial charge in [-0.1, -0.05) is 39.8 Å². The Morgan fingerprint density at radius 3 is 2.72 bits per heavy atom. The second-order valence-corrected chi connectivity index (χ2v) is 8.18. The Labute approximate surface area is 178 Å². The zero-order valence-corrected chi connectivity index (χ0v) is 17.8. The summed E-state index contributed by atoms with van der Waals surface area (Å²) in [6.45, 7) is 2.47. The minimum atomic E-state index is -0.453. The van der Waals surface area contributed by atoms with E-state index in [1.165, 1.54) is 30.0 Å². The molecule has 2 heterocycles. The number of benzene rings is 2. The summed E-state index contributed by atoms with van der Waals surface area (Å²) < 4.78 is 21.4. The van der Waals surface area contributed by atoms with E-state index in [0.29, 0.717) is 34.7 Å². The molecule has 0 bridgehead atoms. The normalized spacial score (nSPS) is 11.3. The molecule has 0 amide bonds. The average Bonchev–Trinajstić information content (AvgIpc) is 3.19. The molecule has 9 heteroatoms. The molecule has 4 rings (SSSR count). The highest BCUT2D eigenvalue weighted by Gasteiger charge is 2.14. The summed E-state index contributed by atoms with van der Waals surface area (Å²) in [5.74, 6) is 0.850. The van der Waals surface area contributed by atoms with Gasteiger partial charge in [-0.15, -0.1) is 0 Å². The highest BCUT2D eigenvalue weighted by Crippen LogP contribution is 2.24. The highest BCUT2D eigenvalue weighted by atomic mass is 79.9. The first-order chi connectivity index (χ1) is 14.0. The third-order valence-corrected chi connectivity index (χ3v) is 5.71. The molecule has 0 fully saturated rings. The third-order valence-electron chi connectivity index (χ3n) is 4.22. The SMILES string of the molecule is CCCn1c(SCc2nc(-c3ccc(Br)cc3)no2)nc2ccc(F)cc2c1=O. The van der Waals surface area contributed by atoms with Crippen molar-refractivity contribution in [2.24, 2.45) is 0 Å². The molecule has 29 heavy (non-hydrogen) atoms. The number of hydrogen-bond donors (Lipinski definition) is 0. The Kier molecular flexibility index (Phi) is 5.77. The smallest absolute Gasteiger partial charge is 0.262 e. The molecule has 2 aromatic heterocycles. The van der Waals surface area contributed by atoms with E-state index in [0.717, 1.165) is 16.5 Å². The van der Waals surface area contributed by atoms with Gasteiger partial charge in [-0.2, -0.15) is 4.98 Å². The van der Waals surface area contributed by atoms with Gasteiger partial charge >= 0.3 is 0 Å². The minimum absolute atomic E-state index is 0.250. The molecule has 0 saturated heterocycles. The maximum absolute atomic E-state index is 13.6. The number of aromatic nitrogens is 4. The van der Waals surface area contributed by atoms with Crippen molar-refractivity contribution in [3.63, 3.8) is 0 Å². The molecule has 0 N–H and O–H groups in total. The van der Waals surface area contributed by atoms with Gasteiger partial charge in [0.1, 0.15) is 5.82 Å². The van der Waals surface area contributed by atoms with E-state index in [9.17, 15) is 9.18 Å². The van der Waals surface area contributed by atoms with Crippen LogP contribution in [0.5, 0.6) is 0 Å². The van der Waals surface area contributed by atoms with Crippen LogP contribution in [0.15, 0.2) is 61.4 Å². The van der Waals surface area contributed by atoms with Gasteiger partial charge in [-0.25, -0.2) is 9.37 Å². The summed E-state index contributed by atoms with van der Waals surface area (Å²) in [7, 11) is 0. The topological polar surface area (TPSA) is 73.8 Å². The largest absolute Gasteiger partial charge is 0.338 e. The molecule has 2 aromatic carbocycles. The van der Waals surface area contributed by atoms with Crippen molar-refractivity contribution in [2.45, 2.75) is 30.8 Å². The predicted octanol–water partition coefficient (Wildman–Crippen LogP) is 5.05. The zero-order chi connectivity index (χ0) is 20.4. The van der Waals surface area contributed by atoms with Crippen LogP contribution in [0, 0.1) is 5.82 Å². The van der Waals surface area contributed by atoms with Crippen LogP contribution in [-0.2, 0) is 12.3 Å². The van der Waals surface area contributed by atoms with Gasteiger partial charge in [0.05, 0.1) is 16.7 Å². The van der Waals surface area contributed by atoms with Crippen molar-refractivity contribution in [3.05, 3.63) is 69.0 Å². The molecular formula is C20H16BrFN4O2S. The molecule has 4 aromatic rings.